The Balaban J connectivity index is 2.53. The van der Waals surface area contributed by atoms with Crippen LogP contribution in [-0.4, -0.2) is 36.0 Å². The minimum absolute atomic E-state index is 0.0454. The van der Waals surface area contributed by atoms with Gasteiger partial charge in [0.05, 0.1) is 18.2 Å². The highest BCUT2D eigenvalue weighted by atomic mass is 16.2. The van der Waals surface area contributed by atoms with Gasteiger partial charge < -0.3 is 5.32 Å². The van der Waals surface area contributed by atoms with E-state index in [-0.39, 0.29) is 18.0 Å². The lowest BCUT2D eigenvalue weighted by Gasteiger charge is -2.35. The Bertz CT molecular complexity index is 272. The van der Waals surface area contributed by atoms with Crippen LogP contribution in [0.15, 0.2) is 0 Å². The Labute approximate surface area is 97.6 Å². The molecular weight excluding hydrogens is 202 g/mol. The Morgan fingerprint density at radius 3 is 3.00 bits per heavy atom. The molecule has 90 valence electrons. The number of carbonyl (C=O) groups is 1. The molecule has 0 aromatic carbocycles. The Hall–Kier alpha value is -1.08. The standard InChI is InChI=1S/C12H21N3O/c1-3-7-14-12(16)10(2)15-8-5-4-6-11(15)9-13/h10-11H,3-8H2,1-2H3,(H,14,16). The highest BCUT2D eigenvalue weighted by Gasteiger charge is 2.29. The van der Waals surface area contributed by atoms with Crippen LogP contribution in [0.1, 0.15) is 39.5 Å². The van der Waals surface area contributed by atoms with Crippen molar-refractivity contribution in [2.24, 2.45) is 0 Å². The number of hydrogen-bond donors (Lipinski definition) is 1. The molecule has 0 aromatic heterocycles. The van der Waals surface area contributed by atoms with E-state index >= 15 is 0 Å². The molecule has 0 saturated carbocycles. The van der Waals surface area contributed by atoms with Gasteiger partial charge in [-0.15, -0.1) is 0 Å². The molecule has 1 amide bonds. The highest BCUT2D eigenvalue weighted by Crippen LogP contribution is 2.18. The van der Waals surface area contributed by atoms with Crippen LogP contribution in [-0.2, 0) is 4.79 Å². The van der Waals surface area contributed by atoms with Gasteiger partial charge in [0.25, 0.3) is 0 Å². The number of nitriles is 1. The van der Waals surface area contributed by atoms with E-state index in [9.17, 15) is 4.79 Å². The summed E-state index contributed by atoms with van der Waals surface area (Å²) in [7, 11) is 0. The lowest BCUT2D eigenvalue weighted by atomic mass is 10.0. The van der Waals surface area contributed by atoms with Gasteiger partial charge in [0.1, 0.15) is 0 Å². The van der Waals surface area contributed by atoms with E-state index in [1.54, 1.807) is 0 Å². The normalized spacial score (nSPS) is 23.4. The van der Waals surface area contributed by atoms with Crippen LogP contribution in [0.3, 0.4) is 0 Å². The molecule has 1 fully saturated rings. The molecule has 1 rings (SSSR count). The monoisotopic (exact) mass is 223 g/mol. The van der Waals surface area contributed by atoms with Crippen molar-refractivity contribution in [3.8, 4) is 6.07 Å². The first-order valence-corrected chi connectivity index (χ1v) is 6.13. The van der Waals surface area contributed by atoms with E-state index in [4.69, 9.17) is 5.26 Å². The fraction of sp³-hybridized carbons (Fsp3) is 0.833. The minimum Gasteiger partial charge on any atom is -0.355 e. The molecule has 1 heterocycles. The SMILES string of the molecule is CCCNC(=O)C(C)N1CCCCC1C#N. The summed E-state index contributed by atoms with van der Waals surface area (Å²) >= 11 is 0. The van der Waals surface area contributed by atoms with Crippen LogP contribution < -0.4 is 5.32 Å². The predicted molar refractivity (Wildman–Crippen MR) is 62.7 cm³/mol. The Kier molecular flexibility index (Phi) is 5.27. The summed E-state index contributed by atoms with van der Waals surface area (Å²) in [6, 6.07) is 2.02. The lowest BCUT2D eigenvalue weighted by Crippen LogP contribution is -2.51. The van der Waals surface area contributed by atoms with Crippen molar-refractivity contribution in [3.05, 3.63) is 0 Å². The third-order valence-corrected chi connectivity index (χ3v) is 3.12. The second-order valence-electron chi connectivity index (χ2n) is 4.35. The van der Waals surface area contributed by atoms with Crippen molar-refractivity contribution in [1.29, 1.82) is 5.26 Å². The lowest BCUT2D eigenvalue weighted by molar-refractivity contribution is -0.126. The van der Waals surface area contributed by atoms with Gasteiger partial charge in [-0.25, -0.2) is 0 Å². The van der Waals surface area contributed by atoms with Crippen molar-refractivity contribution in [3.63, 3.8) is 0 Å². The zero-order valence-corrected chi connectivity index (χ0v) is 10.2. The largest absolute Gasteiger partial charge is 0.355 e. The summed E-state index contributed by atoms with van der Waals surface area (Å²) < 4.78 is 0. The third-order valence-electron chi connectivity index (χ3n) is 3.12. The van der Waals surface area contributed by atoms with E-state index in [2.05, 4.69) is 11.4 Å². The van der Waals surface area contributed by atoms with E-state index in [1.165, 1.54) is 0 Å². The van der Waals surface area contributed by atoms with E-state index in [0.717, 1.165) is 32.2 Å². The number of nitrogens with zero attached hydrogens (tertiary/aromatic N) is 2. The Morgan fingerprint density at radius 2 is 2.38 bits per heavy atom. The van der Waals surface area contributed by atoms with E-state index < -0.39 is 0 Å². The molecule has 1 aliphatic heterocycles. The zero-order chi connectivity index (χ0) is 12.0. The van der Waals surface area contributed by atoms with Crippen molar-refractivity contribution in [1.82, 2.24) is 10.2 Å². The van der Waals surface area contributed by atoms with Gasteiger partial charge in [0.2, 0.25) is 5.91 Å². The van der Waals surface area contributed by atoms with Crippen LogP contribution in [0.2, 0.25) is 0 Å². The first-order chi connectivity index (χ1) is 7.70. The first-order valence-electron chi connectivity index (χ1n) is 6.13. The number of piperidine rings is 1. The van der Waals surface area contributed by atoms with E-state index in [1.807, 2.05) is 18.7 Å². The van der Waals surface area contributed by atoms with Crippen LogP contribution >= 0.6 is 0 Å². The number of amides is 1. The van der Waals surface area contributed by atoms with Gasteiger partial charge in [-0.1, -0.05) is 6.92 Å². The molecule has 0 aromatic rings. The smallest absolute Gasteiger partial charge is 0.237 e. The second kappa shape index (κ2) is 6.49. The number of likely N-dealkylation sites (tertiary alicyclic amines) is 1. The average molecular weight is 223 g/mol. The number of carbonyl (C=O) groups excluding carboxylic acids is 1. The van der Waals surface area contributed by atoms with E-state index in [0.29, 0.717) is 6.54 Å². The minimum atomic E-state index is -0.184. The van der Waals surface area contributed by atoms with Gasteiger partial charge in [0, 0.05) is 13.1 Å². The molecule has 4 heteroatoms. The van der Waals surface area contributed by atoms with Gasteiger partial charge in [-0.3, -0.25) is 9.69 Å². The zero-order valence-electron chi connectivity index (χ0n) is 10.2. The van der Waals surface area contributed by atoms with Crippen LogP contribution in [0.5, 0.6) is 0 Å². The maximum absolute atomic E-state index is 11.8. The average Bonchev–Trinajstić information content (AvgIpc) is 2.34. The van der Waals surface area contributed by atoms with Gasteiger partial charge >= 0.3 is 0 Å². The van der Waals surface area contributed by atoms with Gasteiger partial charge in [-0.05, 0) is 32.6 Å². The van der Waals surface area contributed by atoms with Crippen molar-refractivity contribution in [2.45, 2.75) is 51.6 Å². The molecule has 0 radical (unpaired) electrons. The second-order valence-corrected chi connectivity index (χ2v) is 4.35. The van der Waals surface area contributed by atoms with Crippen molar-refractivity contribution < 1.29 is 4.79 Å². The summed E-state index contributed by atoms with van der Waals surface area (Å²) in [5, 5.41) is 11.9. The summed E-state index contributed by atoms with van der Waals surface area (Å²) in [6.07, 6.45) is 4.02. The fourth-order valence-electron chi connectivity index (χ4n) is 2.10. The molecule has 4 nitrogen and oxygen atoms in total. The molecule has 2 unspecified atom stereocenters. The van der Waals surface area contributed by atoms with Crippen LogP contribution in [0.4, 0.5) is 0 Å². The summed E-state index contributed by atoms with van der Waals surface area (Å²) in [5.41, 5.74) is 0. The third kappa shape index (κ3) is 3.21. The number of hydrogen-bond acceptors (Lipinski definition) is 3. The number of rotatable bonds is 4. The fourth-order valence-corrected chi connectivity index (χ4v) is 2.10. The number of nitrogens with one attached hydrogen (secondary N) is 1. The maximum atomic E-state index is 11.8. The van der Waals surface area contributed by atoms with Crippen LogP contribution in [0, 0.1) is 11.3 Å². The van der Waals surface area contributed by atoms with Crippen molar-refractivity contribution in [2.75, 3.05) is 13.1 Å². The molecule has 0 aliphatic carbocycles. The maximum Gasteiger partial charge on any atom is 0.237 e. The quantitative estimate of drug-likeness (QED) is 0.781. The van der Waals surface area contributed by atoms with Crippen molar-refractivity contribution >= 4 is 5.91 Å². The summed E-state index contributed by atoms with van der Waals surface area (Å²) in [4.78, 5) is 13.8. The first kappa shape index (κ1) is 13.0. The topological polar surface area (TPSA) is 56.1 Å². The summed E-state index contributed by atoms with van der Waals surface area (Å²) in [6.45, 7) is 5.50. The molecule has 16 heavy (non-hydrogen) atoms. The molecule has 1 N–H and O–H groups in total. The molecule has 1 aliphatic rings. The Morgan fingerprint density at radius 1 is 1.62 bits per heavy atom. The molecule has 0 spiro atoms. The predicted octanol–water partition coefficient (Wildman–Crippen LogP) is 1.28. The van der Waals surface area contributed by atoms with Gasteiger partial charge in [-0.2, -0.15) is 5.26 Å². The molecule has 1 saturated heterocycles. The van der Waals surface area contributed by atoms with Crippen LogP contribution in [0.25, 0.3) is 0 Å². The van der Waals surface area contributed by atoms with Gasteiger partial charge in [0.15, 0.2) is 0 Å². The molecular formula is C12H21N3O. The summed E-state index contributed by atoms with van der Waals surface area (Å²) in [5.74, 6) is 0.0454. The molecule has 2 atom stereocenters. The molecule has 0 bridgehead atoms. The highest BCUT2D eigenvalue weighted by molar-refractivity contribution is 5.81.